The van der Waals surface area contributed by atoms with Gasteiger partial charge in [-0.15, -0.1) is 5.92 Å². The fourth-order valence-electron chi connectivity index (χ4n) is 0.230. The molecule has 0 aromatic heterocycles. The molecule has 0 atom stereocenters. The van der Waals surface area contributed by atoms with Crippen LogP contribution < -0.4 is 0 Å². The predicted octanol–water partition coefficient (Wildman–Crippen LogP) is 0.846. The maximum Gasteiger partial charge on any atom is 0.106 e. The molecule has 1 radical (unpaired) electrons. The minimum atomic E-state index is 0.608. The normalized spacial score (nSPS) is 8.25. The maximum atomic E-state index is 4.37. The van der Waals surface area contributed by atoms with E-state index in [1.165, 1.54) is 7.11 Å². The highest BCUT2D eigenvalue weighted by Crippen LogP contribution is 1.69. The summed E-state index contributed by atoms with van der Waals surface area (Å²) in [4.78, 5) is 4.37. The van der Waals surface area contributed by atoms with E-state index >= 15 is 0 Å². The van der Waals surface area contributed by atoms with Gasteiger partial charge in [-0.2, -0.15) is 0 Å². The zero-order valence-electron chi connectivity index (χ0n) is 4.85. The molecule has 0 aliphatic carbocycles. The zero-order valence-corrected chi connectivity index (χ0v) is 4.85. The Hall–Kier alpha value is -0.970. The number of nitrogens with zero attached hydrogens (tertiary/aromatic N) is 1. The van der Waals surface area contributed by atoms with Crippen molar-refractivity contribution in [2.24, 2.45) is 5.16 Å². The molecule has 0 fully saturated rings. The lowest BCUT2D eigenvalue weighted by molar-refractivity contribution is 0.215. The van der Waals surface area contributed by atoms with Crippen molar-refractivity contribution in [1.29, 1.82) is 0 Å². The van der Waals surface area contributed by atoms with Crippen molar-refractivity contribution in [2.75, 3.05) is 7.11 Å². The molecular weight excluding hydrogens is 102 g/mol. The van der Waals surface area contributed by atoms with E-state index in [0.717, 1.165) is 0 Å². The lowest BCUT2D eigenvalue weighted by Crippen LogP contribution is -1.71. The molecule has 0 saturated carbocycles. The van der Waals surface area contributed by atoms with Crippen LogP contribution in [0, 0.1) is 18.8 Å². The van der Waals surface area contributed by atoms with Gasteiger partial charge in [0, 0.05) is 13.3 Å². The van der Waals surface area contributed by atoms with Crippen LogP contribution in [0.2, 0.25) is 0 Å². The summed E-state index contributed by atoms with van der Waals surface area (Å²) < 4.78 is 0. The van der Waals surface area contributed by atoms with Gasteiger partial charge in [0.2, 0.25) is 0 Å². The smallest absolute Gasteiger partial charge is 0.106 e. The van der Waals surface area contributed by atoms with Gasteiger partial charge in [0.15, 0.2) is 0 Å². The minimum Gasteiger partial charge on any atom is -0.399 e. The van der Waals surface area contributed by atoms with E-state index in [4.69, 9.17) is 0 Å². The van der Waals surface area contributed by atoms with Gasteiger partial charge in [-0.25, -0.2) is 0 Å². The Balaban J connectivity index is 3.12. The summed E-state index contributed by atoms with van der Waals surface area (Å²) >= 11 is 0. The Morgan fingerprint density at radius 2 is 2.62 bits per heavy atom. The highest BCUT2D eigenvalue weighted by molar-refractivity contribution is 5.60. The van der Waals surface area contributed by atoms with Crippen molar-refractivity contribution in [2.45, 2.75) is 6.42 Å². The third-order valence-corrected chi connectivity index (χ3v) is 0.498. The van der Waals surface area contributed by atoms with Crippen LogP contribution in [0.15, 0.2) is 5.16 Å². The van der Waals surface area contributed by atoms with Gasteiger partial charge >= 0.3 is 0 Å². The van der Waals surface area contributed by atoms with Gasteiger partial charge in [0.25, 0.3) is 0 Å². The monoisotopic (exact) mass is 110 g/mol. The Morgan fingerprint density at radius 3 is 3.12 bits per heavy atom. The topological polar surface area (TPSA) is 21.6 Å². The van der Waals surface area contributed by atoms with Crippen LogP contribution in [0.1, 0.15) is 6.42 Å². The SMILES string of the molecule is [CH2]C#CCC=NOC. The van der Waals surface area contributed by atoms with Gasteiger partial charge in [0.05, 0.1) is 6.21 Å². The van der Waals surface area contributed by atoms with Crippen LogP contribution in [0.25, 0.3) is 0 Å². The third-order valence-electron chi connectivity index (χ3n) is 0.498. The molecule has 43 valence electrons. The van der Waals surface area contributed by atoms with E-state index in [2.05, 4.69) is 28.8 Å². The van der Waals surface area contributed by atoms with Crippen LogP contribution in [0.4, 0.5) is 0 Å². The Kier molecular flexibility index (Phi) is 5.30. The van der Waals surface area contributed by atoms with Crippen molar-refractivity contribution in [3.8, 4) is 11.8 Å². The molecular formula is C6H8NO. The molecule has 2 nitrogen and oxygen atoms in total. The number of rotatable bonds is 2. The molecule has 0 saturated heterocycles. The highest BCUT2D eigenvalue weighted by Gasteiger charge is 1.65. The largest absolute Gasteiger partial charge is 0.399 e. The fraction of sp³-hybridized carbons (Fsp3) is 0.333. The van der Waals surface area contributed by atoms with Crippen LogP contribution in [-0.4, -0.2) is 13.3 Å². The summed E-state index contributed by atoms with van der Waals surface area (Å²) in [6, 6.07) is 0. The molecule has 0 heterocycles. The second-order valence-electron chi connectivity index (χ2n) is 1.03. The molecule has 2 heteroatoms. The Labute approximate surface area is 49.5 Å². The zero-order chi connectivity index (χ0) is 6.24. The second-order valence-corrected chi connectivity index (χ2v) is 1.03. The van der Waals surface area contributed by atoms with Crippen molar-refractivity contribution in [1.82, 2.24) is 0 Å². The van der Waals surface area contributed by atoms with E-state index in [0.29, 0.717) is 6.42 Å². The first-order valence-corrected chi connectivity index (χ1v) is 2.21. The van der Waals surface area contributed by atoms with E-state index in [9.17, 15) is 0 Å². The molecule has 0 bridgehead atoms. The summed E-state index contributed by atoms with van der Waals surface area (Å²) in [6.45, 7) is 3.32. The molecule has 0 aromatic carbocycles. The molecule has 0 spiro atoms. The molecule has 0 aromatic rings. The first-order valence-electron chi connectivity index (χ1n) is 2.21. The van der Waals surface area contributed by atoms with Crippen LogP contribution >= 0.6 is 0 Å². The Morgan fingerprint density at radius 1 is 1.88 bits per heavy atom. The highest BCUT2D eigenvalue weighted by atomic mass is 16.6. The minimum absolute atomic E-state index is 0.608. The van der Waals surface area contributed by atoms with Crippen LogP contribution in [0.5, 0.6) is 0 Å². The predicted molar refractivity (Wildman–Crippen MR) is 33.3 cm³/mol. The molecule has 0 amide bonds. The average molecular weight is 110 g/mol. The average Bonchev–Trinajstić information content (AvgIpc) is 1.81. The molecule has 0 N–H and O–H groups in total. The summed E-state index contributed by atoms with van der Waals surface area (Å²) in [7, 11) is 1.49. The fourth-order valence-corrected chi connectivity index (χ4v) is 0.230. The maximum absolute atomic E-state index is 4.37. The van der Waals surface area contributed by atoms with Crippen molar-refractivity contribution < 1.29 is 4.84 Å². The third kappa shape index (κ3) is 5.03. The molecule has 8 heavy (non-hydrogen) atoms. The number of hydrogen-bond donors (Lipinski definition) is 0. The summed E-state index contributed by atoms with van der Waals surface area (Å²) in [6.07, 6.45) is 2.19. The van der Waals surface area contributed by atoms with E-state index in [1.807, 2.05) is 0 Å². The van der Waals surface area contributed by atoms with Crippen LogP contribution in [-0.2, 0) is 4.84 Å². The van der Waals surface area contributed by atoms with E-state index < -0.39 is 0 Å². The van der Waals surface area contributed by atoms with Crippen molar-refractivity contribution >= 4 is 6.21 Å². The van der Waals surface area contributed by atoms with Crippen molar-refractivity contribution in [3.05, 3.63) is 6.92 Å². The quantitative estimate of drug-likeness (QED) is 0.293. The van der Waals surface area contributed by atoms with Gasteiger partial charge in [-0.3, -0.25) is 0 Å². The summed E-state index contributed by atoms with van der Waals surface area (Å²) in [5.74, 6) is 5.17. The summed E-state index contributed by atoms with van der Waals surface area (Å²) in [5, 5.41) is 3.45. The first-order chi connectivity index (χ1) is 3.91. The Bertz CT molecular complexity index is 118. The van der Waals surface area contributed by atoms with Crippen molar-refractivity contribution in [3.63, 3.8) is 0 Å². The summed E-state index contributed by atoms with van der Waals surface area (Å²) in [5.41, 5.74) is 0. The van der Waals surface area contributed by atoms with Gasteiger partial charge < -0.3 is 4.84 Å². The van der Waals surface area contributed by atoms with Crippen LogP contribution in [0.3, 0.4) is 0 Å². The number of hydrogen-bond acceptors (Lipinski definition) is 2. The molecule has 0 unspecified atom stereocenters. The van der Waals surface area contributed by atoms with Gasteiger partial charge in [-0.05, 0) is 0 Å². The molecule has 0 aliphatic rings. The lowest BCUT2D eigenvalue weighted by atomic mass is 10.5. The lowest BCUT2D eigenvalue weighted by Gasteiger charge is -1.79. The van der Waals surface area contributed by atoms with E-state index in [1.54, 1.807) is 6.21 Å². The molecule has 0 aliphatic heterocycles. The number of oxime groups is 1. The van der Waals surface area contributed by atoms with Gasteiger partial charge in [-0.1, -0.05) is 11.1 Å². The second kappa shape index (κ2) is 6.03. The molecule has 0 rings (SSSR count). The van der Waals surface area contributed by atoms with E-state index in [-0.39, 0.29) is 0 Å². The standard InChI is InChI=1S/C6H8NO/c1-3-4-5-6-7-8-2/h6H,1,5H2,2H3. The first kappa shape index (κ1) is 7.03. The van der Waals surface area contributed by atoms with Gasteiger partial charge in [0.1, 0.15) is 7.11 Å².